The molecule has 2 heterocycles. The molecule has 1 aromatic rings. The average Bonchev–Trinajstić information content (AvgIpc) is 3.20. The van der Waals surface area contributed by atoms with E-state index in [-0.39, 0.29) is 30.4 Å². The van der Waals surface area contributed by atoms with Gasteiger partial charge in [0, 0.05) is 24.9 Å². The Balaban J connectivity index is 0.00000192. The number of amides is 1. The van der Waals surface area contributed by atoms with E-state index < -0.39 is 0 Å². The van der Waals surface area contributed by atoms with Crippen LogP contribution in [0.3, 0.4) is 0 Å². The summed E-state index contributed by atoms with van der Waals surface area (Å²) in [7, 11) is 0. The first-order valence-corrected chi connectivity index (χ1v) is 8.77. The molecule has 1 amide bonds. The van der Waals surface area contributed by atoms with Crippen molar-refractivity contribution in [1.82, 2.24) is 10.2 Å². The number of nitrogens with zero attached hydrogens (tertiary/aromatic N) is 2. The van der Waals surface area contributed by atoms with Crippen LogP contribution in [0.15, 0.2) is 18.2 Å². The molecule has 2 aliphatic rings. The third-order valence-corrected chi connectivity index (χ3v) is 5.23. The summed E-state index contributed by atoms with van der Waals surface area (Å²) in [4.78, 5) is 14.3. The molecule has 0 bridgehead atoms. The molecule has 0 saturated carbocycles. The molecule has 2 aliphatic heterocycles. The predicted octanol–water partition coefficient (Wildman–Crippen LogP) is 2.31. The lowest BCUT2D eigenvalue weighted by atomic mass is 10.1. The van der Waals surface area contributed by atoms with Crippen LogP contribution in [0.4, 0.5) is 5.69 Å². The van der Waals surface area contributed by atoms with Crippen molar-refractivity contribution in [2.75, 3.05) is 30.0 Å². The molecule has 0 spiro atoms. The fourth-order valence-electron chi connectivity index (χ4n) is 2.76. The van der Waals surface area contributed by atoms with Crippen LogP contribution in [0.5, 0.6) is 0 Å². The fourth-order valence-corrected chi connectivity index (χ4v) is 3.95. The molecule has 5 nitrogen and oxygen atoms in total. The van der Waals surface area contributed by atoms with E-state index in [0.29, 0.717) is 10.6 Å². The zero-order valence-corrected chi connectivity index (χ0v) is 14.8. The van der Waals surface area contributed by atoms with Crippen LogP contribution in [0, 0.1) is 11.3 Å². The lowest BCUT2D eigenvalue weighted by Gasteiger charge is -2.19. The van der Waals surface area contributed by atoms with E-state index in [1.54, 1.807) is 23.9 Å². The van der Waals surface area contributed by atoms with Gasteiger partial charge in [-0.1, -0.05) is 11.6 Å². The molecular formula is C15H18Cl2N4OS. The number of nitriles is 1. The zero-order chi connectivity index (χ0) is 15.5. The number of thioether (sulfide) groups is 1. The molecule has 0 radical (unpaired) electrons. The van der Waals surface area contributed by atoms with Gasteiger partial charge in [-0.05, 0) is 24.6 Å². The SMILES string of the molecule is Cl.N#Cc1ccc(N[C@@H]2CN[C@H](C(=O)N3CCSC3)C2)c(Cl)c1. The van der Waals surface area contributed by atoms with Crippen LogP contribution in [0.1, 0.15) is 12.0 Å². The van der Waals surface area contributed by atoms with Gasteiger partial charge in [0.2, 0.25) is 5.91 Å². The van der Waals surface area contributed by atoms with Gasteiger partial charge in [0.25, 0.3) is 0 Å². The van der Waals surface area contributed by atoms with Crippen molar-refractivity contribution in [2.45, 2.75) is 18.5 Å². The second-order valence-corrected chi connectivity index (χ2v) is 6.97. The maximum atomic E-state index is 12.4. The first-order chi connectivity index (χ1) is 10.7. The lowest BCUT2D eigenvalue weighted by molar-refractivity contribution is -0.131. The fraction of sp³-hybridized carbons (Fsp3) is 0.467. The Morgan fingerprint density at radius 3 is 3.00 bits per heavy atom. The van der Waals surface area contributed by atoms with Gasteiger partial charge in [-0.25, -0.2) is 0 Å². The standard InChI is InChI=1S/C15H17ClN4OS.ClH/c16-12-5-10(7-17)1-2-13(12)19-11-6-14(18-8-11)15(21)20-3-4-22-9-20;/h1-2,5,11,14,18-19H,3-4,6,8-9H2;1H/t11-,14-;/m0./s1. The van der Waals surface area contributed by atoms with Crippen molar-refractivity contribution in [1.29, 1.82) is 5.26 Å². The maximum absolute atomic E-state index is 12.4. The molecule has 2 N–H and O–H groups in total. The second-order valence-electron chi connectivity index (χ2n) is 5.48. The molecule has 2 atom stereocenters. The predicted molar refractivity (Wildman–Crippen MR) is 96.3 cm³/mol. The number of anilines is 1. The third-order valence-electron chi connectivity index (χ3n) is 3.95. The molecule has 0 aromatic heterocycles. The quantitative estimate of drug-likeness (QED) is 0.851. The Morgan fingerprint density at radius 2 is 2.35 bits per heavy atom. The molecule has 0 aliphatic carbocycles. The van der Waals surface area contributed by atoms with Gasteiger partial charge in [-0.3, -0.25) is 4.79 Å². The van der Waals surface area contributed by atoms with Gasteiger partial charge < -0.3 is 15.5 Å². The topological polar surface area (TPSA) is 68.2 Å². The van der Waals surface area contributed by atoms with Crippen LogP contribution < -0.4 is 10.6 Å². The van der Waals surface area contributed by atoms with Crippen molar-refractivity contribution < 1.29 is 4.79 Å². The summed E-state index contributed by atoms with van der Waals surface area (Å²) in [6.07, 6.45) is 0.746. The Hall–Kier alpha value is -1.13. The minimum Gasteiger partial charge on any atom is -0.380 e. The van der Waals surface area contributed by atoms with Crippen LogP contribution in [-0.2, 0) is 4.79 Å². The molecule has 3 rings (SSSR count). The number of hydrogen-bond donors (Lipinski definition) is 2. The molecular weight excluding hydrogens is 355 g/mol. The number of halogens is 2. The van der Waals surface area contributed by atoms with Gasteiger partial charge >= 0.3 is 0 Å². The minimum atomic E-state index is -0.117. The summed E-state index contributed by atoms with van der Waals surface area (Å²) in [5, 5.41) is 16.0. The van der Waals surface area contributed by atoms with E-state index in [0.717, 1.165) is 36.8 Å². The molecule has 8 heteroatoms. The molecule has 124 valence electrons. The zero-order valence-electron chi connectivity index (χ0n) is 12.4. The first-order valence-electron chi connectivity index (χ1n) is 7.23. The van der Waals surface area contributed by atoms with E-state index >= 15 is 0 Å². The molecule has 0 unspecified atom stereocenters. The van der Waals surface area contributed by atoms with Crippen molar-refractivity contribution in [2.24, 2.45) is 0 Å². The molecule has 2 fully saturated rings. The number of carbonyl (C=O) groups is 1. The van der Waals surface area contributed by atoms with Crippen molar-refractivity contribution in [3.05, 3.63) is 28.8 Å². The Labute approximate surface area is 151 Å². The number of hydrogen-bond acceptors (Lipinski definition) is 5. The lowest BCUT2D eigenvalue weighted by Crippen LogP contribution is -2.42. The third kappa shape index (κ3) is 4.24. The maximum Gasteiger partial charge on any atom is 0.240 e. The summed E-state index contributed by atoms with van der Waals surface area (Å²) < 4.78 is 0. The van der Waals surface area contributed by atoms with E-state index in [1.807, 2.05) is 11.0 Å². The first kappa shape index (κ1) is 18.2. The van der Waals surface area contributed by atoms with E-state index in [4.69, 9.17) is 16.9 Å². The van der Waals surface area contributed by atoms with Gasteiger partial charge in [-0.15, -0.1) is 24.2 Å². The highest BCUT2D eigenvalue weighted by Crippen LogP contribution is 2.25. The number of benzene rings is 1. The number of nitrogens with one attached hydrogen (secondary N) is 2. The number of rotatable bonds is 3. The normalized spacial score (nSPS) is 23.2. The highest BCUT2D eigenvalue weighted by atomic mass is 35.5. The van der Waals surface area contributed by atoms with E-state index in [2.05, 4.69) is 16.7 Å². The van der Waals surface area contributed by atoms with Gasteiger partial charge in [-0.2, -0.15) is 5.26 Å². The summed E-state index contributed by atoms with van der Waals surface area (Å²) in [5.74, 6) is 2.03. The summed E-state index contributed by atoms with van der Waals surface area (Å²) >= 11 is 7.97. The van der Waals surface area contributed by atoms with Crippen molar-refractivity contribution in [3.63, 3.8) is 0 Å². The van der Waals surface area contributed by atoms with Crippen LogP contribution >= 0.6 is 35.8 Å². The Morgan fingerprint density at radius 1 is 1.52 bits per heavy atom. The summed E-state index contributed by atoms with van der Waals surface area (Å²) in [6, 6.07) is 7.31. The largest absolute Gasteiger partial charge is 0.380 e. The Kier molecular flexibility index (Phi) is 6.42. The second kappa shape index (κ2) is 8.11. The molecule has 1 aromatic carbocycles. The monoisotopic (exact) mass is 372 g/mol. The highest BCUT2D eigenvalue weighted by Gasteiger charge is 2.33. The van der Waals surface area contributed by atoms with Gasteiger partial charge in [0.15, 0.2) is 0 Å². The smallest absolute Gasteiger partial charge is 0.240 e. The van der Waals surface area contributed by atoms with Gasteiger partial charge in [0.05, 0.1) is 34.3 Å². The number of carbonyl (C=O) groups excluding carboxylic acids is 1. The van der Waals surface area contributed by atoms with Crippen LogP contribution in [0.2, 0.25) is 5.02 Å². The molecule has 2 saturated heterocycles. The van der Waals surface area contributed by atoms with Crippen molar-refractivity contribution in [3.8, 4) is 6.07 Å². The van der Waals surface area contributed by atoms with E-state index in [1.165, 1.54) is 0 Å². The van der Waals surface area contributed by atoms with Crippen LogP contribution in [0.25, 0.3) is 0 Å². The molecule has 23 heavy (non-hydrogen) atoms. The summed E-state index contributed by atoms with van der Waals surface area (Å²) in [6.45, 7) is 1.58. The summed E-state index contributed by atoms with van der Waals surface area (Å²) in [5.41, 5.74) is 1.34. The van der Waals surface area contributed by atoms with E-state index in [9.17, 15) is 4.79 Å². The highest BCUT2D eigenvalue weighted by molar-refractivity contribution is 7.99. The van der Waals surface area contributed by atoms with Gasteiger partial charge in [0.1, 0.15) is 0 Å². The minimum absolute atomic E-state index is 0. The van der Waals surface area contributed by atoms with Crippen molar-refractivity contribution >= 4 is 47.4 Å². The Bertz CT molecular complexity index is 616. The van der Waals surface area contributed by atoms with Crippen LogP contribution in [-0.4, -0.2) is 47.6 Å². The average molecular weight is 373 g/mol.